The molecule has 0 N–H and O–H groups in total. The van der Waals surface area contributed by atoms with Crippen LogP contribution in [0.2, 0.25) is 0 Å². The number of fused-ring (bicyclic) bond motifs is 1. The van der Waals surface area contributed by atoms with E-state index in [0.717, 1.165) is 27.3 Å². The third kappa shape index (κ3) is 1.46. The normalized spacial score (nSPS) is 20.1. The highest BCUT2D eigenvalue weighted by molar-refractivity contribution is 9.11. The SMILES string of the molecule is CC1(C)CCc2nc(Br)sc2C1=O. The van der Waals surface area contributed by atoms with Gasteiger partial charge < -0.3 is 0 Å². The summed E-state index contributed by atoms with van der Waals surface area (Å²) in [6.07, 6.45) is 1.84. The molecule has 0 atom stereocenters. The highest BCUT2D eigenvalue weighted by atomic mass is 79.9. The van der Waals surface area contributed by atoms with E-state index in [9.17, 15) is 4.79 Å². The number of ketones is 1. The first kappa shape index (κ1) is 9.34. The van der Waals surface area contributed by atoms with Crippen LogP contribution in [-0.4, -0.2) is 10.8 Å². The fourth-order valence-electron chi connectivity index (χ4n) is 1.52. The highest BCUT2D eigenvalue weighted by Gasteiger charge is 2.36. The Kier molecular flexibility index (Phi) is 2.07. The summed E-state index contributed by atoms with van der Waals surface area (Å²) in [5, 5.41) is 0. The van der Waals surface area contributed by atoms with Gasteiger partial charge in [-0.3, -0.25) is 4.79 Å². The lowest BCUT2D eigenvalue weighted by Crippen LogP contribution is -2.29. The molecule has 2 nitrogen and oxygen atoms in total. The van der Waals surface area contributed by atoms with Crippen LogP contribution in [0.4, 0.5) is 0 Å². The maximum Gasteiger partial charge on any atom is 0.180 e. The molecular weight excluding hydrogens is 250 g/mol. The van der Waals surface area contributed by atoms with E-state index in [-0.39, 0.29) is 11.2 Å². The lowest BCUT2D eigenvalue weighted by atomic mass is 9.78. The zero-order valence-corrected chi connectivity index (χ0v) is 9.96. The summed E-state index contributed by atoms with van der Waals surface area (Å²) in [7, 11) is 0. The molecule has 0 spiro atoms. The fraction of sp³-hybridized carbons (Fsp3) is 0.556. The summed E-state index contributed by atoms with van der Waals surface area (Å²) < 4.78 is 0.823. The van der Waals surface area contributed by atoms with Crippen molar-refractivity contribution < 1.29 is 4.79 Å². The van der Waals surface area contributed by atoms with E-state index >= 15 is 0 Å². The third-order valence-corrected chi connectivity index (χ3v) is 4.03. The molecule has 0 radical (unpaired) electrons. The van der Waals surface area contributed by atoms with Gasteiger partial charge in [-0.2, -0.15) is 0 Å². The molecule has 70 valence electrons. The smallest absolute Gasteiger partial charge is 0.180 e. The van der Waals surface area contributed by atoms with Gasteiger partial charge in [-0.05, 0) is 28.8 Å². The van der Waals surface area contributed by atoms with E-state index in [2.05, 4.69) is 20.9 Å². The van der Waals surface area contributed by atoms with Crippen molar-refractivity contribution in [1.29, 1.82) is 0 Å². The maximum absolute atomic E-state index is 11.9. The topological polar surface area (TPSA) is 30.0 Å². The van der Waals surface area contributed by atoms with Gasteiger partial charge in [-0.15, -0.1) is 11.3 Å². The second-order valence-electron chi connectivity index (χ2n) is 3.96. The van der Waals surface area contributed by atoms with Crippen LogP contribution in [0.3, 0.4) is 0 Å². The Labute approximate surface area is 89.5 Å². The molecule has 0 unspecified atom stereocenters. The molecule has 0 bridgehead atoms. The second kappa shape index (κ2) is 2.89. The summed E-state index contributed by atoms with van der Waals surface area (Å²) in [5.74, 6) is 0.247. The molecule has 4 heteroatoms. The van der Waals surface area contributed by atoms with Crippen molar-refractivity contribution in [3.8, 4) is 0 Å². The molecule has 0 fully saturated rings. The standard InChI is InChI=1S/C9H10BrNOS/c1-9(2)4-3-5-6(7(9)12)13-8(10)11-5/h3-4H2,1-2H3. The van der Waals surface area contributed by atoms with Crippen molar-refractivity contribution in [2.45, 2.75) is 26.7 Å². The number of halogens is 1. The summed E-state index contributed by atoms with van der Waals surface area (Å²) in [4.78, 5) is 17.0. The number of rotatable bonds is 0. The first-order chi connectivity index (χ1) is 6.00. The fourth-order valence-corrected chi connectivity index (χ4v) is 3.18. The molecule has 2 rings (SSSR count). The van der Waals surface area contributed by atoms with Crippen LogP contribution in [0.5, 0.6) is 0 Å². The number of aromatic nitrogens is 1. The number of carbonyl (C=O) groups excluding carboxylic acids is 1. The van der Waals surface area contributed by atoms with Gasteiger partial charge >= 0.3 is 0 Å². The molecule has 0 aromatic carbocycles. The Morgan fingerprint density at radius 2 is 2.23 bits per heavy atom. The highest BCUT2D eigenvalue weighted by Crippen LogP contribution is 2.38. The van der Waals surface area contributed by atoms with Gasteiger partial charge in [0.1, 0.15) is 0 Å². The zero-order chi connectivity index (χ0) is 9.64. The van der Waals surface area contributed by atoms with Crippen LogP contribution in [0.1, 0.15) is 35.6 Å². The molecule has 0 saturated carbocycles. The number of nitrogens with zero attached hydrogens (tertiary/aromatic N) is 1. The summed E-state index contributed by atoms with van der Waals surface area (Å²) >= 11 is 4.77. The average molecular weight is 260 g/mol. The first-order valence-corrected chi connectivity index (χ1v) is 5.82. The van der Waals surface area contributed by atoms with Crippen LogP contribution in [0, 0.1) is 5.41 Å². The van der Waals surface area contributed by atoms with Crippen molar-refractivity contribution in [3.05, 3.63) is 14.5 Å². The van der Waals surface area contributed by atoms with Crippen LogP contribution in [-0.2, 0) is 6.42 Å². The van der Waals surface area contributed by atoms with Crippen LogP contribution < -0.4 is 0 Å². The number of hydrogen-bond donors (Lipinski definition) is 0. The summed E-state index contributed by atoms with van der Waals surface area (Å²) in [6.45, 7) is 4.01. The van der Waals surface area contributed by atoms with E-state index in [1.165, 1.54) is 11.3 Å². The third-order valence-electron chi connectivity index (χ3n) is 2.48. The van der Waals surface area contributed by atoms with Crippen LogP contribution in [0.25, 0.3) is 0 Å². The molecule has 1 aliphatic carbocycles. The van der Waals surface area contributed by atoms with E-state index in [1.807, 2.05) is 13.8 Å². The number of aryl methyl sites for hydroxylation is 1. The predicted molar refractivity (Wildman–Crippen MR) is 56.2 cm³/mol. The average Bonchev–Trinajstić information content (AvgIpc) is 2.40. The summed E-state index contributed by atoms with van der Waals surface area (Å²) in [5.41, 5.74) is 0.778. The number of Topliss-reactive ketones (excluding diaryl/α,β-unsaturated/α-hetero) is 1. The van der Waals surface area contributed by atoms with Gasteiger partial charge in [0.05, 0.1) is 10.6 Å². The molecule has 1 aromatic rings. The molecule has 0 aliphatic heterocycles. The van der Waals surface area contributed by atoms with Crippen molar-refractivity contribution >= 4 is 33.0 Å². The minimum absolute atomic E-state index is 0.195. The van der Waals surface area contributed by atoms with Gasteiger partial charge in [0.2, 0.25) is 0 Å². The van der Waals surface area contributed by atoms with Crippen molar-refractivity contribution in [2.75, 3.05) is 0 Å². The minimum atomic E-state index is -0.195. The van der Waals surface area contributed by atoms with E-state index in [4.69, 9.17) is 0 Å². The maximum atomic E-state index is 11.9. The van der Waals surface area contributed by atoms with Gasteiger partial charge in [0.15, 0.2) is 9.70 Å². The molecular formula is C9H10BrNOS. The second-order valence-corrected chi connectivity index (χ2v) is 6.23. The Bertz CT molecular complexity index is 370. The Morgan fingerprint density at radius 1 is 1.54 bits per heavy atom. The predicted octanol–water partition coefficient (Wildman–Crippen LogP) is 3.06. The van der Waals surface area contributed by atoms with Gasteiger partial charge in [0.25, 0.3) is 0 Å². The van der Waals surface area contributed by atoms with Crippen molar-refractivity contribution in [2.24, 2.45) is 5.41 Å². The molecule has 13 heavy (non-hydrogen) atoms. The molecule has 1 aromatic heterocycles. The number of thiazole rings is 1. The lowest BCUT2D eigenvalue weighted by molar-refractivity contribution is 0.0815. The van der Waals surface area contributed by atoms with Crippen molar-refractivity contribution in [3.63, 3.8) is 0 Å². The lowest BCUT2D eigenvalue weighted by Gasteiger charge is -2.26. The Hall–Kier alpha value is -0.220. The van der Waals surface area contributed by atoms with E-state index in [1.54, 1.807) is 0 Å². The zero-order valence-electron chi connectivity index (χ0n) is 7.56. The van der Waals surface area contributed by atoms with Gasteiger partial charge in [-0.1, -0.05) is 13.8 Å². The quantitative estimate of drug-likeness (QED) is 0.717. The molecule has 0 saturated heterocycles. The van der Waals surface area contributed by atoms with Crippen molar-refractivity contribution in [1.82, 2.24) is 4.98 Å². The van der Waals surface area contributed by atoms with Crippen LogP contribution in [0.15, 0.2) is 3.92 Å². The van der Waals surface area contributed by atoms with E-state index in [0.29, 0.717) is 0 Å². The molecule has 0 amide bonds. The largest absolute Gasteiger partial charge is 0.293 e. The monoisotopic (exact) mass is 259 g/mol. The Balaban J connectivity index is 2.51. The molecule has 1 heterocycles. The van der Waals surface area contributed by atoms with Crippen LogP contribution >= 0.6 is 27.3 Å². The number of carbonyl (C=O) groups is 1. The summed E-state index contributed by atoms with van der Waals surface area (Å²) in [6, 6.07) is 0. The minimum Gasteiger partial charge on any atom is -0.293 e. The van der Waals surface area contributed by atoms with Gasteiger partial charge in [0, 0.05) is 5.41 Å². The molecule has 1 aliphatic rings. The van der Waals surface area contributed by atoms with Gasteiger partial charge in [-0.25, -0.2) is 4.98 Å². The van der Waals surface area contributed by atoms with E-state index < -0.39 is 0 Å². The first-order valence-electron chi connectivity index (χ1n) is 4.21. The Morgan fingerprint density at radius 3 is 2.92 bits per heavy atom. The number of hydrogen-bond acceptors (Lipinski definition) is 3.